The molecule has 0 spiro atoms. The van der Waals surface area contributed by atoms with E-state index in [0.29, 0.717) is 6.54 Å². The molecule has 6 heteroatoms. The van der Waals surface area contributed by atoms with Gasteiger partial charge in [-0.3, -0.25) is 9.59 Å². The molecule has 1 aliphatic heterocycles. The molecule has 1 N–H and O–H groups in total. The summed E-state index contributed by atoms with van der Waals surface area (Å²) in [5.74, 6) is -0.650. The minimum atomic E-state index is -0.389. The van der Waals surface area contributed by atoms with Gasteiger partial charge in [0.05, 0.1) is 12.1 Å². The van der Waals surface area contributed by atoms with Crippen molar-refractivity contribution < 1.29 is 9.59 Å². The fraction of sp³-hybridized carbons (Fsp3) is 0.286. The van der Waals surface area contributed by atoms with Gasteiger partial charge >= 0.3 is 0 Å². The summed E-state index contributed by atoms with van der Waals surface area (Å²) in [5, 5.41) is 4.03. The third-order valence-corrected chi connectivity index (χ3v) is 5.40. The van der Waals surface area contributed by atoms with Crippen LogP contribution in [-0.2, 0) is 16.0 Å². The van der Waals surface area contributed by atoms with Gasteiger partial charge in [-0.2, -0.15) is 5.10 Å². The molecule has 1 fully saturated rings. The molecule has 0 saturated carbocycles. The fourth-order valence-corrected chi connectivity index (χ4v) is 3.40. The number of hydrogen-bond acceptors (Lipinski definition) is 4. The maximum Gasteiger partial charge on any atom is 0.245 e. The van der Waals surface area contributed by atoms with Crippen molar-refractivity contribution in [2.75, 3.05) is 17.7 Å². The maximum atomic E-state index is 12.4. The highest BCUT2D eigenvalue weighted by molar-refractivity contribution is 7.98. The van der Waals surface area contributed by atoms with Crippen LogP contribution < -0.4 is 10.3 Å². The Morgan fingerprint density at radius 2 is 1.93 bits per heavy atom. The Balaban J connectivity index is 1.57. The lowest BCUT2D eigenvalue weighted by atomic mass is 10.1. The molecule has 1 aliphatic rings. The van der Waals surface area contributed by atoms with Crippen LogP contribution in [0.3, 0.4) is 0 Å². The summed E-state index contributed by atoms with van der Waals surface area (Å²) >= 11 is 1.67. The van der Waals surface area contributed by atoms with Gasteiger partial charge in [0, 0.05) is 23.5 Å². The van der Waals surface area contributed by atoms with Crippen LogP contribution in [0.2, 0.25) is 0 Å². The van der Waals surface area contributed by atoms with E-state index >= 15 is 0 Å². The summed E-state index contributed by atoms with van der Waals surface area (Å²) in [6.07, 6.45) is 4.80. The Hall–Kier alpha value is -2.60. The second kappa shape index (κ2) is 8.86. The number of aryl methyl sites for hydroxylation is 1. The van der Waals surface area contributed by atoms with Crippen LogP contribution in [0.15, 0.2) is 58.5 Å². The van der Waals surface area contributed by atoms with Crippen LogP contribution in [0.1, 0.15) is 24.5 Å². The van der Waals surface area contributed by atoms with Crippen LogP contribution >= 0.6 is 11.8 Å². The van der Waals surface area contributed by atoms with E-state index in [2.05, 4.69) is 17.5 Å². The van der Waals surface area contributed by atoms with Gasteiger partial charge in [-0.25, -0.2) is 5.43 Å². The SMILES string of the molecule is CCc1ccc(N2C[C@@H](C(=O)N/N=C/c3ccc(SC)cc3)CC2=O)cc1. The Bertz CT molecular complexity index is 832. The van der Waals surface area contributed by atoms with Crippen molar-refractivity contribution in [1.82, 2.24) is 5.43 Å². The standard InChI is InChI=1S/C21H23N3O2S/c1-3-15-4-8-18(9-5-15)24-14-17(12-20(24)25)21(26)23-22-13-16-6-10-19(27-2)11-7-16/h4-11,13,17H,3,12,14H2,1-2H3,(H,23,26)/b22-13+/t17-/m0/s1. The molecule has 27 heavy (non-hydrogen) atoms. The molecule has 3 rings (SSSR count). The van der Waals surface area contributed by atoms with Gasteiger partial charge in [0.2, 0.25) is 11.8 Å². The Labute approximate surface area is 163 Å². The lowest BCUT2D eigenvalue weighted by Gasteiger charge is -2.16. The van der Waals surface area contributed by atoms with Gasteiger partial charge in [0.25, 0.3) is 0 Å². The van der Waals surface area contributed by atoms with Crippen LogP contribution in [0, 0.1) is 5.92 Å². The van der Waals surface area contributed by atoms with Gasteiger partial charge in [-0.1, -0.05) is 31.2 Å². The monoisotopic (exact) mass is 381 g/mol. The summed E-state index contributed by atoms with van der Waals surface area (Å²) in [6.45, 7) is 2.47. The molecule has 0 bridgehead atoms. The molecule has 1 saturated heterocycles. The molecular formula is C21H23N3O2S. The second-order valence-electron chi connectivity index (χ2n) is 6.43. The first kappa shape index (κ1) is 19.2. The van der Waals surface area contributed by atoms with Crippen molar-refractivity contribution in [3.63, 3.8) is 0 Å². The van der Waals surface area contributed by atoms with E-state index in [9.17, 15) is 9.59 Å². The predicted octanol–water partition coefficient (Wildman–Crippen LogP) is 3.47. The van der Waals surface area contributed by atoms with E-state index in [0.717, 1.165) is 17.7 Å². The van der Waals surface area contributed by atoms with Crippen LogP contribution in [0.5, 0.6) is 0 Å². The zero-order chi connectivity index (χ0) is 19.2. The number of amides is 2. The van der Waals surface area contributed by atoms with Crippen LogP contribution in [0.25, 0.3) is 0 Å². The molecule has 140 valence electrons. The largest absolute Gasteiger partial charge is 0.312 e. The molecule has 0 aliphatic carbocycles. The molecule has 2 aromatic carbocycles. The average molecular weight is 382 g/mol. The van der Waals surface area contributed by atoms with Crippen LogP contribution in [-0.4, -0.2) is 30.8 Å². The van der Waals surface area contributed by atoms with Gasteiger partial charge < -0.3 is 4.90 Å². The number of nitrogens with one attached hydrogen (secondary N) is 1. The van der Waals surface area contributed by atoms with Crippen molar-refractivity contribution in [1.29, 1.82) is 0 Å². The van der Waals surface area contributed by atoms with Crippen LogP contribution in [0.4, 0.5) is 5.69 Å². The first-order chi connectivity index (χ1) is 13.1. The Morgan fingerprint density at radius 3 is 2.56 bits per heavy atom. The molecule has 2 amide bonds. The number of anilines is 1. The number of thioether (sulfide) groups is 1. The van der Waals surface area contributed by atoms with Gasteiger partial charge in [0.15, 0.2) is 0 Å². The lowest BCUT2D eigenvalue weighted by Crippen LogP contribution is -2.30. The normalized spacial score (nSPS) is 16.9. The lowest BCUT2D eigenvalue weighted by molar-refractivity contribution is -0.126. The molecule has 0 aromatic heterocycles. The summed E-state index contributed by atoms with van der Waals surface area (Å²) < 4.78 is 0. The molecule has 1 atom stereocenters. The highest BCUT2D eigenvalue weighted by Crippen LogP contribution is 2.25. The van der Waals surface area contributed by atoms with E-state index in [-0.39, 0.29) is 24.2 Å². The number of nitrogens with zero attached hydrogens (tertiary/aromatic N) is 2. The summed E-state index contributed by atoms with van der Waals surface area (Å²) in [7, 11) is 0. The average Bonchev–Trinajstić information content (AvgIpc) is 3.10. The van der Waals surface area contributed by atoms with Crippen molar-refractivity contribution in [2.45, 2.75) is 24.7 Å². The van der Waals surface area contributed by atoms with Crippen molar-refractivity contribution in [2.24, 2.45) is 11.0 Å². The van der Waals surface area contributed by atoms with E-state index in [4.69, 9.17) is 0 Å². The summed E-state index contributed by atoms with van der Waals surface area (Å²) in [5.41, 5.74) is 5.53. The van der Waals surface area contributed by atoms with E-state index < -0.39 is 0 Å². The van der Waals surface area contributed by atoms with Crippen molar-refractivity contribution in [3.05, 3.63) is 59.7 Å². The first-order valence-electron chi connectivity index (χ1n) is 8.97. The maximum absolute atomic E-state index is 12.4. The zero-order valence-corrected chi connectivity index (χ0v) is 16.3. The number of benzene rings is 2. The van der Waals surface area contributed by atoms with Crippen molar-refractivity contribution >= 4 is 35.5 Å². The number of carbonyl (C=O) groups excluding carboxylic acids is 2. The molecule has 2 aromatic rings. The summed E-state index contributed by atoms with van der Waals surface area (Å²) in [6, 6.07) is 15.8. The predicted molar refractivity (Wildman–Crippen MR) is 110 cm³/mol. The molecule has 1 heterocycles. The number of carbonyl (C=O) groups is 2. The second-order valence-corrected chi connectivity index (χ2v) is 7.31. The van der Waals surface area contributed by atoms with Gasteiger partial charge in [0.1, 0.15) is 0 Å². The first-order valence-corrected chi connectivity index (χ1v) is 10.2. The quantitative estimate of drug-likeness (QED) is 0.473. The smallest absolute Gasteiger partial charge is 0.245 e. The fourth-order valence-electron chi connectivity index (χ4n) is 3.00. The number of rotatable bonds is 6. The number of hydrogen-bond donors (Lipinski definition) is 1. The van der Waals surface area contributed by atoms with E-state index in [1.54, 1.807) is 22.9 Å². The van der Waals surface area contributed by atoms with E-state index in [1.165, 1.54) is 10.5 Å². The third kappa shape index (κ3) is 4.77. The van der Waals surface area contributed by atoms with Gasteiger partial charge in [-0.15, -0.1) is 11.8 Å². The highest BCUT2D eigenvalue weighted by atomic mass is 32.2. The Morgan fingerprint density at radius 1 is 1.22 bits per heavy atom. The van der Waals surface area contributed by atoms with Gasteiger partial charge in [-0.05, 0) is 48.1 Å². The summed E-state index contributed by atoms with van der Waals surface area (Å²) in [4.78, 5) is 27.5. The topological polar surface area (TPSA) is 61.8 Å². The minimum Gasteiger partial charge on any atom is -0.312 e. The zero-order valence-electron chi connectivity index (χ0n) is 15.5. The Kier molecular flexibility index (Phi) is 6.29. The number of hydrazone groups is 1. The molecular weight excluding hydrogens is 358 g/mol. The molecule has 0 radical (unpaired) electrons. The van der Waals surface area contributed by atoms with E-state index in [1.807, 2.05) is 54.8 Å². The minimum absolute atomic E-state index is 0.0315. The molecule has 0 unspecified atom stereocenters. The third-order valence-electron chi connectivity index (χ3n) is 4.66. The van der Waals surface area contributed by atoms with Crippen molar-refractivity contribution in [3.8, 4) is 0 Å². The highest BCUT2D eigenvalue weighted by Gasteiger charge is 2.35. The molecule has 5 nitrogen and oxygen atoms in total.